The van der Waals surface area contributed by atoms with Gasteiger partial charge in [-0.15, -0.1) is 0 Å². The average Bonchev–Trinajstić information content (AvgIpc) is 1.37. The van der Waals surface area contributed by atoms with Crippen molar-refractivity contribution in [1.29, 1.82) is 0 Å². The summed E-state index contributed by atoms with van der Waals surface area (Å²) in [5.41, 5.74) is 0. The van der Waals surface area contributed by atoms with E-state index in [1.54, 1.807) is 0 Å². The molecule has 0 aliphatic rings. The Morgan fingerprint density at radius 3 is 1.25 bits per heavy atom. The van der Waals surface area contributed by atoms with E-state index in [-0.39, 0.29) is 0 Å². The summed E-state index contributed by atoms with van der Waals surface area (Å²) in [4.78, 5) is 0. The van der Waals surface area contributed by atoms with Gasteiger partial charge < -0.3 is 0 Å². The summed E-state index contributed by atoms with van der Waals surface area (Å²) in [6.07, 6.45) is 0. The zero-order valence-electron chi connectivity index (χ0n) is 1.50. The van der Waals surface area contributed by atoms with Gasteiger partial charge in [0, 0.05) is 0 Å². The third-order valence-corrected chi connectivity index (χ3v) is 0.636. The van der Waals surface area contributed by atoms with Gasteiger partial charge in [-0.3, -0.25) is 0 Å². The molecule has 0 aromatic heterocycles. The van der Waals surface area contributed by atoms with Gasteiger partial charge in [-0.1, -0.05) is 0 Å². The second kappa shape index (κ2) is 4.08. The number of rotatable bonds is 0. The molecular weight excluding hydrogens is 244 g/mol. The van der Waals surface area contributed by atoms with E-state index in [0.29, 0.717) is 0 Å². The van der Waals surface area contributed by atoms with E-state index < -0.39 is 0 Å². The summed E-state index contributed by atoms with van der Waals surface area (Å²) < 4.78 is 6.17. The Morgan fingerprint density at radius 1 is 1.00 bits per heavy atom. The van der Waals surface area contributed by atoms with Crippen molar-refractivity contribution in [3.63, 3.8) is 0 Å². The van der Waals surface area contributed by atoms with Crippen LogP contribution in [-0.4, -0.2) is 0 Å². The molecule has 32 valence electrons. The van der Waals surface area contributed by atoms with Gasteiger partial charge in [0.15, 0.2) is 0 Å². The number of hydrogen-bond acceptors (Lipinski definition) is 2. The Labute approximate surface area is 49.5 Å². The van der Waals surface area contributed by atoms with Crippen LogP contribution in [0.1, 0.15) is 0 Å². The molecule has 0 atom stereocenters. The van der Waals surface area contributed by atoms with Crippen LogP contribution in [0.15, 0.2) is 7.04 Å². The molecule has 4 heavy (non-hydrogen) atoms. The van der Waals surface area contributed by atoms with Gasteiger partial charge in [0.2, 0.25) is 0 Å². The summed E-state index contributed by atoms with van der Waals surface area (Å²) in [7, 11) is 0. The second-order valence-electron chi connectivity index (χ2n) is 0.121. The fraction of sp³-hybridized carbons (Fsp3) is 0. The first-order valence-corrected chi connectivity index (χ1v) is 1.80. The Hall–Kier alpha value is 1.08. The molecule has 4 heteroatoms. The minimum atomic E-state index is 2.67. The minimum absolute atomic E-state index is 2.67. The van der Waals surface area contributed by atoms with Crippen LogP contribution in [0.4, 0.5) is 0 Å². The van der Waals surface area contributed by atoms with E-state index in [1.165, 1.54) is 0 Å². The fourth-order valence-corrected chi connectivity index (χ4v) is 0. The Kier molecular flexibility index (Phi) is 5.18. The molecular formula is Ag2N2. The van der Waals surface area contributed by atoms with Crippen LogP contribution in [0.3, 0.4) is 0 Å². The normalized spacial score (nSPS) is 10.0. The third-order valence-electron chi connectivity index (χ3n) is 0.0182. The van der Waals surface area contributed by atoms with Crippen molar-refractivity contribution in [2.24, 2.45) is 7.04 Å². The quantitative estimate of drug-likeness (QED) is 0.434. The van der Waals surface area contributed by atoms with Crippen molar-refractivity contribution in [1.82, 2.24) is 0 Å². The van der Waals surface area contributed by atoms with Crippen LogP contribution in [0.25, 0.3) is 0 Å². The van der Waals surface area contributed by atoms with Crippen LogP contribution in [0.2, 0.25) is 0 Å². The van der Waals surface area contributed by atoms with Crippen molar-refractivity contribution in [3.05, 3.63) is 0 Å². The molecule has 0 radical (unpaired) electrons. The van der Waals surface area contributed by atoms with E-state index in [2.05, 4.69) is 49.7 Å². The van der Waals surface area contributed by atoms with Crippen LogP contribution in [0.5, 0.6) is 0 Å². The van der Waals surface area contributed by atoms with E-state index in [4.69, 9.17) is 0 Å². The summed E-state index contributed by atoms with van der Waals surface area (Å²) in [6.45, 7) is 0. The average molecular weight is 244 g/mol. The summed E-state index contributed by atoms with van der Waals surface area (Å²) >= 11 is 5.35. The first-order valence-electron chi connectivity index (χ1n) is 0.470. The van der Waals surface area contributed by atoms with Crippen molar-refractivity contribution in [2.45, 2.75) is 0 Å². The van der Waals surface area contributed by atoms with Gasteiger partial charge in [0.25, 0.3) is 0 Å². The van der Waals surface area contributed by atoms with Crippen molar-refractivity contribution >= 4 is 0 Å². The topological polar surface area (TPSA) is 24.7 Å². The van der Waals surface area contributed by atoms with Gasteiger partial charge in [0.1, 0.15) is 0 Å². The molecule has 0 aromatic rings. The predicted octanol–water partition coefficient (Wildman–Crippen LogP) is 0.362. The summed E-state index contributed by atoms with van der Waals surface area (Å²) in [5.74, 6) is 0. The zero-order valence-corrected chi connectivity index (χ0v) is 4.46. The first-order chi connectivity index (χ1) is 1.91. The van der Waals surface area contributed by atoms with Crippen LogP contribution in [0, 0.1) is 0 Å². The van der Waals surface area contributed by atoms with Gasteiger partial charge in [-0.25, -0.2) is 0 Å². The fourth-order valence-electron chi connectivity index (χ4n) is 0. The molecule has 0 saturated heterocycles. The second-order valence-corrected chi connectivity index (χ2v) is 0.714. The van der Waals surface area contributed by atoms with Crippen molar-refractivity contribution in [3.8, 4) is 0 Å². The van der Waals surface area contributed by atoms with Gasteiger partial charge in [0.05, 0.1) is 0 Å². The molecule has 0 amide bonds. The first kappa shape index (κ1) is 5.08. The molecule has 0 aliphatic heterocycles. The van der Waals surface area contributed by atoms with Crippen molar-refractivity contribution in [2.75, 3.05) is 0 Å². The molecule has 0 unspecified atom stereocenters. The molecule has 0 aromatic carbocycles. The van der Waals surface area contributed by atoms with Crippen LogP contribution >= 0.6 is 0 Å². The molecule has 0 rings (SSSR count). The molecule has 0 bridgehead atoms. The monoisotopic (exact) mass is 242 g/mol. The predicted molar refractivity (Wildman–Crippen MR) is 4.86 cm³/mol. The standard InChI is InChI=1S/2Ag.N2/c;;1-2/q2*+1;-2. The Bertz CT molecular complexity index is 19.2. The van der Waals surface area contributed by atoms with E-state index in [0.717, 1.165) is 0 Å². The molecule has 0 aliphatic carbocycles. The molecule has 0 heterocycles. The Balaban J connectivity index is 2.55. The van der Waals surface area contributed by atoms with Crippen molar-refractivity contribution < 1.29 is 42.7 Å². The molecule has 0 fully saturated rings. The van der Waals surface area contributed by atoms with Crippen LogP contribution in [-0.2, 0) is 42.7 Å². The number of nitrogens with zero attached hydrogens (tertiary/aromatic N) is 2. The summed E-state index contributed by atoms with van der Waals surface area (Å²) in [5, 5.41) is 0. The molecule has 0 spiro atoms. The van der Waals surface area contributed by atoms with Gasteiger partial charge in [-0.2, -0.15) is 0 Å². The molecule has 0 N–H and O–H groups in total. The maximum absolute atomic E-state index is 3.09. The zero-order chi connectivity index (χ0) is 3.41. The van der Waals surface area contributed by atoms with Crippen LogP contribution < -0.4 is 0 Å². The summed E-state index contributed by atoms with van der Waals surface area (Å²) in [6, 6.07) is 0. The molecule has 2 nitrogen and oxygen atoms in total. The molecule has 0 saturated carbocycles. The van der Waals surface area contributed by atoms with Gasteiger partial charge >= 0.3 is 49.7 Å². The number of hydrogen-bond donors (Lipinski definition) is 0. The van der Waals surface area contributed by atoms with E-state index in [9.17, 15) is 0 Å². The SMILES string of the molecule is [Ag][N]=[N][Ag]. The third kappa shape index (κ3) is 3.08. The van der Waals surface area contributed by atoms with Gasteiger partial charge in [-0.05, 0) is 0 Å². The Morgan fingerprint density at radius 2 is 1.25 bits per heavy atom. The van der Waals surface area contributed by atoms with E-state index in [1.807, 2.05) is 0 Å². The van der Waals surface area contributed by atoms with E-state index >= 15 is 0 Å². The maximum atomic E-state index is 3.09.